The van der Waals surface area contributed by atoms with E-state index >= 15 is 0 Å². The zero-order valence-electron chi connectivity index (χ0n) is 11.3. The highest BCUT2D eigenvalue weighted by Gasteiger charge is 2.43. The zero-order valence-corrected chi connectivity index (χ0v) is 11.3. The molecule has 0 aliphatic heterocycles. The molecule has 126 valence electrons. The fourth-order valence-corrected chi connectivity index (χ4v) is 1.90. The minimum Gasteiger partial charge on any atom is -0.383 e. The number of nitrogens with zero attached hydrogens (tertiary/aromatic N) is 6. The summed E-state index contributed by atoms with van der Waals surface area (Å²) in [5.74, 6) is -2.83. The highest BCUT2D eigenvalue weighted by atomic mass is 19.4. The first-order chi connectivity index (χ1) is 11.1. The van der Waals surface area contributed by atoms with Crippen molar-refractivity contribution >= 4 is 16.9 Å². The van der Waals surface area contributed by atoms with Crippen LogP contribution in [-0.4, -0.2) is 29.7 Å². The molecule has 0 amide bonds. The lowest BCUT2D eigenvalue weighted by atomic mass is 10.2. The Morgan fingerprint density at radius 2 is 1.54 bits per heavy atom. The van der Waals surface area contributed by atoms with Crippen molar-refractivity contribution in [3.05, 3.63) is 30.0 Å². The summed E-state index contributed by atoms with van der Waals surface area (Å²) in [6.45, 7) is 0. The van der Waals surface area contributed by atoms with Crippen molar-refractivity contribution in [1.82, 2.24) is 29.7 Å². The van der Waals surface area contributed by atoms with E-state index in [0.29, 0.717) is 4.68 Å². The molecule has 0 aromatic carbocycles. The molecule has 0 bridgehead atoms. The largest absolute Gasteiger partial charge is 0.451 e. The van der Waals surface area contributed by atoms with Gasteiger partial charge in [-0.1, -0.05) is 0 Å². The Labute approximate surface area is 128 Å². The third kappa shape index (κ3) is 2.57. The number of alkyl halides is 6. The lowest BCUT2D eigenvalue weighted by Gasteiger charge is -2.10. The molecule has 3 aromatic rings. The van der Waals surface area contributed by atoms with Gasteiger partial charge in [0, 0.05) is 12.4 Å². The molecule has 0 saturated carbocycles. The minimum atomic E-state index is -5.19. The van der Waals surface area contributed by atoms with Crippen molar-refractivity contribution in [3.63, 3.8) is 0 Å². The maximum Gasteiger partial charge on any atom is 0.451 e. The van der Waals surface area contributed by atoms with Gasteiger partial charge in [-0.3, -0.25) is 0 Å². The van der Waals surface area contributed by atoms with Gasteiger partial charge < -0.3 is 5.73 Å². The zero-order chi connectivity index (χ0) is 17.7. The fraction of sp³-hybridized carbons (Fsp3) is 0.182. The Kier molecular flexibility index (Phi) is 3.31. The van der Waals surface area contributed by atoms with Gasteiger partial charge in [0.1, 0.15) is 5.82 Å². The molecule has 3 heterocycles. The number of rotatable bonds is 1. The Morgan fingerprint density at radius 1 is 0.917 bits per heavy atom. The van der Waals surface area contributed by atoms with Gasteiger partial charge in [0.2, 0.25) is 5.82 Å². The van der Waals surface area contributed by atoms with Crippen LogP contribution < -0.4 is 5.73 Å². The van der Waals surface area contributed by atoms with E-state index in [9.17, 15) is 26.3 Å². The molecule has 13 heteroatoms. The summed E-state index contributed by atoms with van der Waals surface area (Å²) in [6, 6.07) is 1.42. The summed E-state index contributed by atoms with van der Waals surface area (Å²) in [5, 5.41) is 2.69. The average molecular weight is 349 g/mol. The van der Waals surface area contributed by atoms with Gasteiger partial charge in [-0.25, -0.2) is 19.9 Å². The number of fused-ring (bicyclic) bond motifs is 1. The molecule has 7 nitrogen and oxygen atoms in total. The molecule has 0 fully saturated rings. The summed E-state index contributed by atoms with van der Waals surface area (Å²) < 4.78 is 78.1. The predicted octanol–water partition coefficient (Wildman–Crippen LogP) is 2.23. The van der Waals surface area contributed by atoms with Crippen molar-refractivity contribution < 1.29 is 26.3 Å². The van der Waals surface area contributed by atoms with Crippen molar-refractivity contribution in [2.45, 2.75) is 12.4 Å². The quantitative estimate of drug-likeness (QED) is 0.677. The van der Waals surface area contributed by atoms with Crippen LogP contribution >= 0.6 is 0 Å². The molecule has 0 aliphatic carbocycles. The maximum absolute atomic E-state index is 13.1. The Bertz CT molecular complexity index is 899. The molecule has 0 radical (unpaired) electrons. The van der Waals surface area contributed by atoms with Gasteiger partial charge in [-0.15, -0.1) is 5.10 Å². The van der Waals surface area contributed by atoms with Gasteiger partial charge in [0.05, 0.1) is 5.39 Å². The molecule has 0 saturated heterocycles. The van der Waals surface area contributed by atoms with E-state index in [1.807, 2.05) is 0 Å². The third-order valence-corrected chi connectivity index (χ3v) is 2.83. The Balaban J connectivity index is 2.37. The van der Waals surface area contributed by atoms with E-state index < -0.39 is 40.7 Å². The number of hydrogen-bond donors (Lipinski definition) is 1. The summed E-state index contributed by atoms with van der Waals surface area (Å²) in [5.41, 5.74) is 2.89. The van der Waals surface area contributed by atoms with Crippen LogP contribution in [-0.2, 0) is 12.4 Å². The van der Waals surface area contributed by atoms with E-state index in [2.05, 4.69) is 25.0 Å². The van der Waals surface area contributed by atoms with Crippen LogP contribution in [0.3, 0.4) is 0 Å². The van der Waals surface area contributed by atoms with Crippen LogP contribution in [0.5, 0.6) is 0 Å². The van der Waals surface area contributed by atoms with Gasteiger partial charge >= 0.3 is 12.4 Å². The van der Waals surface area contributed by atoms with Gasteiger partial charge in [-0.2, -0.15) is 31.0 Å². The molecule has 0 spiro atoms. The fourth-order valence-electron chi connectivity index (χ4n) is 1.90. The normalized spacial score (nSPS) is 12.8. The van der Waals surface area contributed by atoms with Crippen molar-refractivity contribution in [3.8, 4) is 5.95 Å². The first-order valence-corrected chi connectivity index (χ1v) is 6.07. The summed E-state index contributed by atoms with van der Waals surface area (Å²) in [6.07, 6.45) is -7.87. The smallest absolute Gasteiger partial charge is 0.383 e. The molecule has 3 rings (SSSR count). The molecule has 0 unspecified atom stereocenters. The third-order valence-electron chi connectivity index (χ3n) is 2.83. The molecule has 3 aromatic heterocycles. The topological polar surface area (TPSA) is 95.4 Å². The van der Waals surface area contributed by atoms with Crippen LogP contribution in [0.15, 0.2) is 18.5 Å². The van der Waals surface area contributed by atoms with E-state index in [4.69, 9.17) is 5.73 Å². The van der Waals surface area contributed by atoms with Gasteiger partial charge in [0.15, 0.2) is 11.3 Å². The van der Waals surface area contributed by atoms with Crippen LogP contribution in [0, 0.1) is 0 Å². The number of hydrogen-bond acceptors (Lipinski definition) is 6. The number of halogens is 6. The molecule has 0 atom stereocenters. The van der Waals surface area contributed by atoms with Crippen molar-refractivity contribution in [2.24, 2.45) is 0 Å². The van der Waals surface area contributed by atoms with Crippen LogP contribution in [0.2, 0.25) is 0 Å². The predicted molar refractivity (Wildman–Crippen MR) is 66.7 cm³/mol. The first-order valence-electron chi connectivity index (χ1n) is 6.07. The SMILES string of the molecule is Nc1c2c(C(F)(F)F)nc(C(F)(F)F)nc2nn1-c1ncccn1. The standard InChI is InChI=1S/C11H5F6N7/c12-10(13,14)5-4-6(18)24(9-19-2-1-3-20-9)23-7(4)22-8(21-5)11(15,16)17/h1-3H,18H2. The number of nitrogen functional groups attached to an aromatic ring is 1. The summed E-state index contributed by atoms with van der Waals surface area (Å²) in [4.78, 5) is 13.1. The molecule has 24 heavy (non-hydrogen) atoms. The molecular weight excluding hydrogens is 344 g/mol. The monoisotopic (exact) mass is 349 g/mol. The van der Waals surface area contributed by atoms with Crippen molar-refractivity contribution in [2.75, 3.05) is 5.73 Å². The van der Waals surface area contributed by atoms with Gasteiger partial charge in [-0.05, 0) is 6.07 Å². The second-order valence-corrected chi connectivity index (χ2v) is 4.44. The maximum atomic E-state index is 13.1. The van der Waals surface area contributed by atoms with E-state index in [1.54, 1.807) is 0 Å². The van der Waals surface area contributed by atoms with Crippen LogP contribution in [0.4, 0.5) is 32.2 Å². The Morgan fingerprint density at radius 3 is 2.08 bits per heavy atom. The second kappa shape index (κ2) is 5.01. The van der Waals surface area contributed by atoms with E-state index in [0.717, 1.165) is 0 Å². The highest BCUT2D eigenvalue weighted by Crippen LogP contribution is 2.38. The van der Waals surface area contributed by atoms with Crippen LogP contribution in [0.25, 0.3) is 17.0 Å². The van der Waals surface area contributed by atoms with Crippen LogP contribution in [0.1, 0.15) is 11.5 Å². The van der Waals surface area contributed by atoms with E-state index in [1.165, 1.54) is 18.5 Å². The van der Waals surface area contributed by atoms with Crippen molar-refractivity contribution in [1.29, 1.82) is 0 Å². The molecular formula is C11H5F6N7. The highest BCUT2D eigenvalue weighted by molar-refractivity contribution is 5.89. The Hall–Kier alpha value is -2.99. The number of anilines is 1. The second-order valence-electron chi connectivity index (χ2n) is 4.44. The summed E-state index contributed by atoms with van der Waals surface area (Å²) >= 11 is 0. The number of nitrogens with two attached hydrogens (primary N) is 1. The van der Waals surface area contributed by atoms with E-state index in [-0.39, 0.29) is 5.95 Å². The first kappa shape index (κ1) is 15.9. The minimum absolute atomic E-state index is 0.227. The summed E-state index contributed by atoms with van der Waals surface area (Å²) in [7, 11) is 0. The average Bonchev–Trinajstić information content (AvgIpc) is 2.83. The molecule has 0 aliphatic rings. The lowest BCUT2D eigenvalue weighted by Crippen LogP contribution is -2.17. The van der Waals surface area contributed by atoms with Gasteiger partial charge in [0.25, 0.3) is 5.95 Å². The number of aromatic nitrogens is 6. The lowest BCUT2D eigenvalue weighted by molar-refractivity contribution is -0.151. The molecule has 2 N–H and O–H groups in total.